The smallest absolute Gasteiger partial charge is 0.237 e. The van der Waals surface area contributed by atoms with Crippen molar-refractivity contribution in [2.24, 2.45) is 11.5 Å². The highest BCUT2D eigenvalue weighted by atomic mass is 16.5. The van der Waals surface area contributed by atoms with Gasteiger partial charge >= 0.3 is 0 Å². The van der Waals surface area contributed by atoms with Gasteiger partial charge in [-0.3, -0.25) is 4.79 Å². The quantitative estimate of drug-likeness (QED) is 0.687. The zero-order valence-corrected chi connectivity index (χ0v) is 13.4. The van der Waals surface area contributed by atoms with Crippen LogP contribution in [0, 0.1) is 0 Å². The van der Waals surface area contributed by atoms with Crippen LogP contribution >= 0.6 is 0 Å². The Morgan fingerprint density at radius 1 is 1.29 bits per heavy atom. The van der Waals surface area contributed by atoms with E-state index in [1.807, 2.05) is 12.1 Å². The average molecular weight is 292 g/mol. The summed E-state index contributed by atoms with van der Waals surface area (Å²) < 4.78 is 5.69. The first-order valence-electron chi connectivity index (χ1n) is 7.68. The zero-order valence-electron chi connectivity index (χ0n) is 13.4. The van der Waals surface area contributed by atoms with Crippen LogP contribution in [0.1, 0.15) is 57.9 Å². The van der Waals surface area contributed by atoms with Gasteiger partial charge in [-0.2, -0.15) is 0 Å². The van der Waals surface area contributed by atoms with Crippen molar-refractivity contribution in [2.75, 3.05) is 6.61 Å². The lowest BCUT2D eigenvalue weighted by Crippen LogP contribution is -2.49. The SMILES string of the molecule is CCC(C)c1ccc(OCCCCC(C)(N)C(N)=O)cc1. The Labute approximate surface area is 127 Å². The number of hydrogen-bond donors (Lipinski definition) is 2. The monoisotopic (exact) mass is 292 g/mol. The zero-order chi connectivity index (χ0) is 15.9. The number of benzene rings is 1. The summed E-state index contributed by atoms with van der Waals surface area (Å²) >= 11 is 0. The van der Waals surface area contributed by atoms with Crippen LogP contribution in [0.4, 0.5) is 0 Å². The molecule has 0 radical (unpaired) electrons. The maximum Gasteiger partial charge on any atom is 0.237 e. The van der Waals surface area contributed by atoms with E-state index >= 15 is 0 Å². The summed E-state index contributed by atoms with van der Waals surface area (Å²) in [6.45, 7) is 6.70. The average Bonchev–Trinajstić information content (AvgIpc) is 2.46. The number of nitrogens with two attached hydrogens (primary N) is 2. The van der Waals surface area contributed by atoms with Gasteiger partial charge in [0.2, 0.25) is 5.91 Å². The molecule has 4 nitrogen and oxygen atoms in total. The Bertz CT molecular complexity index is 441. The van der Waals surface area contributed by atoms with E-state index in [2.05, 4.69) is 26.0 Å². The lowest BCUT2D eigenvalue weighted by atomic mass is 9.96. The molecule has 0 spiro atoms. The largest absolute Gasteiger partial charge is 0.494 e. The number of primary amides is 1. The Morgan fingerprint density at radius 2 is 1.90 bits per heavy atom. The van der Waals surface area contributed by atoms with Crippen molar-refractivity contribution in [2.45, 2.75) is 57.9 Å². The lowest BCUT2D eigenvalue weighted by Gasteiger charge is -2.19. The molecule has 0 saturated heterocycles. The van der Waals surface area contributed by atoms with E-state index < -0.39 is 11.4 Å². The maximum absolute atomic E-state index is 11.1. The van der Waals surface area contributed by atoms with Crippen LogP contribution in [-0.4, -0.2) is 18.1 Å². The molecule has 0 saturated carbocycles. The summed E-state index contributed by atoms with van der Waals surface area (Å²) in [7, 11) is 0. The molecule has 1 aromatic rings. The predicted molar refractivity (Wildman–Crippen MR) is 86.3 cm³/mol. The van der Waals surface area contributed by atoms with Gasteiger partial charge in [0.05, 0.1) is 12.1 Å². The molecular weight excluding hydrogens is 264 g/mol. The fourth-order valence-corrected chi connectivity index (χ4v) is 2.04. The number of ether oxygens (including phenoxy) is 1. The Balaban J connectivity index is 2.29. The highest BCUT2D eigenvalue weighted by molar-refractivity contribution is 5.83. The third-order valence-corrected chi connectivity index (χ3v) is 3.98. The minimum atomic E-state index is -0.919. The van der Waals surface area contributed by atoms with Crippen LogP contribution in [0.3, 0.4) is 0 Å². The van der Waals surface area contributed by atoms with Crippen LogP contribution in [0.5, 0.6) is 5.75 Å². The summed E-state index contributed by atoms with van der Waals surface area (Å²) in [5.41, 5.74) is 11.4. The highest BCUT2D eigenvalue weighted by Crippen LogP contribution is 2.21. The molecule has 21 heavy (non-hydrogen) atoms. The van der Waals surface area contributed by atoms with Gasteiger partial charge in [0, 0.05) is 0 Å². The van der Waals surface area contributed by atoms with Gasteiger partial charge in [0.15, 0.2) is 0 Å². The van der Waals surface area contributed by atoms with E-state index in [1.54, 1.807) is 6.92 Å². The summed E-state index contributed by atoms with van der Waals surface area (Å²) in [4.78, 5) is 11.1. The van der Waals surface area contributed by atoms with Gasteiger partial charge < -0.3 is 16.2 Å². The van der Waals surface area contributed by atoms with Crippen LogP contribution in [0.25, 0.3) is 0 Å². The maximum atomic E-state index is 11.1. The summed E-state index contributed by atoms with van der Waals surface area (Å²) in [5, 5.41) is 0. The highest BCUT2D eigenvalue weighted by Gasteiger charge is 2.24. The second-order valence-corrected chi connectivity index (χ2v) is 5.97. The van der Waals surface area contributed by atoms with E-state index in [1.165, 1.54) is 5.56 Å². The molecule has 2 atom stereocenters. The molecule has 0 aromatic heterocycles. The molecule has 2 unspecified atom stereocenters. The summed E-state index contributed by atoms with van der Waals surface area (Å²) in [5.74, 6) is 1.01. The van der Waals surface area contributed by atoms with Crippen molar-refractivity contribution in [3.63, 3.8) is 0 Å². The molecule has 0 aliphatic rings. The molecule has 4 N–H and O–H groups in total. The van der Waals surface area contributed by atoms with Crippen LogP contribution < -0.4 is 16.2 Å². The Kier molecular flexibility index (Phi) is 6.69. The minimum absolute atomic E-state index is 0.455. The molecule has 1 rings (SSSR count). The van der Waals surface area contributed by atoms with Gasteiger partial charge in [-0.05, 0) is 56.2 Å². The molecule has 1 amide bonds. The fourth-order valence-electron chi connectivity index (χ4n) is 2.04. The van der Waals surface area contributed by atoms with Gasteiger partial charge in [0.1, 0.15) is 5.75 Å². The lowest BCUT2D eigenvalue weighted by molar-refractivity contribution is -0.122. The van der Waals surface area contributed by atoms with E-state index in [-0.39, 0.29) is 0 Å². The normalized spacial score (nSPS) is 15.2. The molecular formula is C17H28N2O2. The third-order valence-electron chi connectivity index (χ3n) is 3.98. The number of carbonyl (C=O) groups excluding carboxylic acids is 1. The van der Waals surface area contributed by atoms with Crippen molar-refractivity contribution >= 4 is 5.91 Å². The third kappa shape index (κ3) is 5.76. The number of amides is 1. The van der Waals surface area contributed by atoms with Gasteiger partial charge in [0.25, 0.3) is 0 Å². The Hall–Kier alpha value is -1.55. The number of rotatable bonds is 9. The second-order valence-electron chi connectivity index (χ2n) is 5.97. The molecule has 4 heteroatoms. The number of hydrogen-bond acceptors (Lipinski definition) is 3. The van der Waals surface area contributed by atoms with Crippen molar-refractivity contribution < 1.29 is 9.53 Å². The van der Waals surface area contributed by atoms with E-state index in [0.29, 0.717) is 18.9 Å². The van der Waals surface area contributed by atoms with Crippen molar-refractivity contribution in [3.05, 3.63) is 29.8 Å². The van der Waals surface area contributed by atoms with E-state index in [4.69, 9.17) is 16.2 Å². The molecule has 0 heterocycles. The minimum Gasteiger partial charge on any atom is -0.494 e. The second kappa shape index (κ2) is 8.03. The standard InChI is InChI=1S/C17H28N2O2/c1-4-13(2)14-7-9-15(10-8-14)21-12-6-5-11-17(3,19)16(18)20/h7-10,13H,4-6,11-12,19H2,1-3H3,(H2,18,20). The first-order valence-corrected chi connectivity index (χ1v) is 7.68. The van der Waals surface area contributed by atoms with Gasteiger partial charge in [-0.15, -0.1) is 0 Å². The predicted octanol–water partition coefficient (Wildman–Crippen LogP) is 2.95. The van der Waals surface area contributed by atoms with Crippen LogP contribution in [0.15, 0.2) is 24.3 Å². The van der Waals surface area contributed by atoms with Crippen molar-refractivity contribution in [3.8, 4) is 5.75 Å². The van der Waals surface area contributed by atoms with Crippen molar-refractivity contribution in [1.29, 1.82) is 0 Å². The molecule has 118 valence electrons. The van der Waals surface area contributed by atoms with Crippen LogP contribution in [-0.2, 0) is 4.79 Å². The first kappa shape index (κ1) is 17.5. The van der Waals surface area contributed by atoms with Crippen molar-refractivity contribution in [1.82, 2.24) is 0 Å². The van der Waals surface area contributed by atoms with Gasteiger partial charge in [-0.25, -0.2) is 0 Å². The van der Waals surface area contributed by atoms with Gasteiger partial charge in [-0.1, -0.05) is 26.0 Å². The summed E-state index contributed by atoms with van der Waals surface area (Å²) in [6.07, 6.45) is 3.39. The number of carbonyl (C=O) groups is 1. The van der Waals surface area contributed by atoms with E-state index in [0.717, 1.165) is 25.0 Å². The molecule has 0 aliphatic carbocycles. The van der Waals surface area contributed by atoms with Crippen LogP contribution in [0.2, 0.25) is 0 Å². The summed E-state index contributed by atoms with van der Waals surface area (Å²) in [6, 6.07) is 8.26. The Morgan fingerprint density at radius 3 is 2.43 bits per heavy atom. The van der Waals surface area contributed by atoms with E-state index in [9.17, 15) is 4.79 Å². The molecule has 0 bridgehead atoms. The fraction of sp³-hybridized carbons (Fsp3) is 0.588. The topological polar surface area (TPSA) is 78.3 Å². The molecule has 0 fully saturated rings. The molecule has 1 aromatic carbocycles. The first-order chi connectivity index (χ1) is 9.86. The number of unbranched alkanes of at least 4 members (excludes halogenated alkanes) is 1. The molecule has 0 aliphatic heterocycles.